The Morgan fingerprint density at radius 3 is 2.68 bits per heavy atom. The first-order valence-electron chi connectivity index (χ1n) is 10.7. The first kappa shape index (κ1) is 23.7. The third kappa shape index (κ3) is 6.13. The Labute approximate surface area is 193 Å². The number of rotatable bonds is 2. The molecule has 1 aliphatic rings. The fraction of sp³-hybridized carbons (Fsp3) is 0.333. The van der Waals surface area contributed by atoms with Crippen molar-refractivity contribution < 1.29 is 31.8 Å². The van der Waals surface area contributed by atoms with Gasteiger partial charge in [0.15, 0.2) is 0 Å². The van der Waals surface area contributed by atoms with Crippen LogP contribution in [0.5, 0.6) is 5.75 Å². The fourth-order valence-corrected chi connectivity index (χ4v) is 3.72. The standard InChI is InChI=1S/C24H23F4N3O3/c25-21-4-5-22-19(12-21)11-17-2-1-3-18(10-17)14-30(6-7-33-8-9-34-22)23(32)16-31-15-20(13-29-31)24(26,27)28/h1-5,10,12-13,15H,6-9,11,14,16H2. The molecular weight excluding hydrogens is 454 g/mol. The Hall–Kier alpha value is -3.40. The molecule has 0 N–H and O–H groups in total. The summed E-state index contributed by atoms with van der Waals surface area (Å²) in [6.45, 7) is 0.899. The fourth-order valence-electron chi connectivity index (χ4n) is 3.72. The summed E-state index contributed by atoms with van der Waals surface area (Å²) in [4.78, 5) is 14.4. The van der Waals surface area contributed by atoms with Gasteiger partial charge >= 0.3 is 6.18 Å². The SMILES string of the molecule is O=C(Cn1cc(C(F)(F)F)cn1)N1CCOCCOc2ccc(F)cc2Cc2cccc(c2)C1. The van der Waals surface area contributed by atoms with Crippen LogP contribution in [0.15, 0.2) is 54.9 Å². The van der Waals surface area contributed by atoms with Crippen LogP contribution in [0.4, 0.5) is 17.6 Å². The summed E-state index contributed by atoms with van der Waals surface area (Å²) < 4.78 is 64.7. The molecule has 2 bridgehead atoms. The van der Waals surface area contributed by atoms with Crippen molar-refractivity contribution in [2.45, 2.75) is 25.7 Å². The number of carbonyl (C=O) groups is 1. The van der Waals surface area contributed by atoms with Gasteiger partial charge in [-0.3, -0.25) is 9.48 Å². The van der Waals surface area contributed by atoms with Gasteiger partial charge in [-0.2, -0.15) is 18.3 Å². The van der Waals surface area contributed by atoms with Gasteiger partial charge in [-0.05, 0) is 29.3 Å². The molecule has 0 spiro atoms. The number of hydrogen-bond acceptors (Lipinski definition) is 4. The van der Waals surface area contributed by atoms with Gasteiger partial charge < -0.3 is 14.4 Å². The molecule has 1 aliphatic heterocycles. The van der Waals surface area contributed by atoms with Crippen LogP contribution in [0.25, 0.3) is 0 Å². The van der Waals surface area contributed by atoms with Gasteiger partial charge in [-0.1, -0.05) is 24.3 Å². The summed E-state index contributed by atoms with van der Waals surface area (Å²) in [5.74, 6) is -0.164. The molecular formula is C24H23F4N3O3. The van der Waals surface area contributed by atoms with Crippen molar-refractivity contribution in [2.24, 2.45) is 0 Å². The number of ether oxygens (including phenoxy) is 2. The molecule has 0 saturated heterocycles. The summed E-state index contributed by atoms with van der Waals surface area (Å²) in [7, 11) is 0. The molecule has 2 heterocycles. The van der Waals surface area contributed by atoms with Gasteiger partial charge in [0, 0.05) is 31.3 Å². The van der Waals surface area contributed by atoms with E-state index >= 15 is 0 Å². The maximum Gasteiger partial charge on any atom is 0.419 e. The molecule has 3 aromatic rings. The van der Waals surface area contributed by atoms with Crippen LogP contribution in [-0.4, -0.2) is 47.0 Å². The normalized spacial score (nSPS) is 15.2. The Morgan fingerprint density at radius 2 is 1.88 bits per heavy atom. The Morgan fingerprint density at radius 1 is 1.06 bits per heavy atom. The zero-order valence-corrected chi connectivity index (χ0v) is 18.2. The largest absolute Gasteiger partial charge is 0.491 e. The molecule has 1 amide bonds. The van der Waals surface area contributed by atoms with Gasteiger partial charge in [0.25, 0.3) is 0 Å². The average Bonchev–Trinajstić information content (AvgIpc) is 3.25. The second-order valence-corrected chi connectivity index (χ2v) is 7.95. The monoisotopic (exact) mass is 477 g/mol. The maximum atomic E-state index is 13.8. The maximum absolute atomic E-state index is 13.8. The first-order valence-corrected chi connectivity index (χ1v) is 10.7. The molecule has 180 valence electrons. The van der Waals surface area contributed by atoms with Crippen molar-refractivity contribution in [3.8, 4) is 5.75 Å². The van der Waals surface area contributed by atoms with Crippen LogP contribution in [0.2, 0.25) is 0 Å². The van der Waals surface area contributed by atoms with Crippen molar-refractivity contribution in [2.75, 3.05) is 26.4 Å². The van der Waals surface area contributed by atoms with E-state index < -0.39 is 11.7 Å². The number of nitrogens with zero attached hydrogens (tertiary/aromatic N) is 3. The molecule has 0 radical (unpaired) electrons. The van der Waals surface area contributed by atoms with E-state index in [9.17, 15) is 22.4 Å². The number of carbonyl (C=O) groups excluding carboxylic acids is 1. The lowest BCUT2D eigenvalue weighted by Gasteiger charge is -2.24. The van der Waals surface area contributed by atoms with E-state index in [1.54, 1.807) is 6.07 Å². The second-order valence-electron chi connectivity index (χ2n) is 7.95. The lowest BCUT2D eigenvalue weighted by atomic mass is 10.0. The highest BCUT2D eigenvalue weighted by molar-refractivity contribution is 5.76. The Bertz CT molecular complexity index is 1150. The van der Waals surface area contributed by atoms with Crippen molar-refractivity contribution in [3.05, 3.63) is 82.9 Å². The van der Waals surface area contributed by atoms with E-state index in [0.29, 0.717) is 23.9 Å². The highest BCUT2D eigenvalue weighted by Crippen LogP contribution is 2.28. The van der Waals surface area contributed by atoms with Crippen molar-refractivity contribution >= 4 is 5.91 Å². The van der Waals surface area contributed by atoms with E-state index in [2.05, 4.69) is 5.10 Å². The van der Waals surface area contributed by atoms with Crippen molar-refractivity contribution in [1.82, 2.24) is 14.7 Å². The number of fused-ring (bicyclic) bond motifs is 3. The Balaban J connectivity index is 1.54. The molecule has 0 atom stereocenters. The highest BCUT2D eigenvalue weighted by Gasteiger charge is 2.32. The zero-order valence-electron chi connectivity index (χ0n) is 18.2. The number of benzene rings is 2. The van der Waals surface area contributed by atoms with Gasteiger partial charge in [0.2, 0.25) is 5.91 Å². The van der Waals surface area contributed by atoms with Crippen LogP contribution in [0, 0.1) is 5.82 Å². The molecule has 4 rings (SSSR count). The molecule has 0 fully saturated rings. The van der Waals surface area contributed by atoms with Crippen LogP contribution in [-0.2, 0) is 35.2 Å². The summed E-state index contributed by atoms with van der Waals surface area (Å²) in [5.41, 5.74) is 1.53. The zero-order chi connectivity index (χ0) is 24.1. The summed E-state index contributed by atoms with van der Waals surface area (Å²) in [6.07, 6.45) is -2.58. The molecule has 6 nitrogen and oxygen atoms in total. The van der Waals surface area contributed by atoms with Crippen LogP contribution < -0.4 is 4.74 Å². The van der Waals surface area contributed by atoms with Gasteiger partial charge in [-0.25, -0.2) is 4.39 Å². The van der Waals surface area contributed by atoms with Crippen LogP contribution in [0.1, 0.15) is 22.3 Å². The molecule has 2 aromatic carbocycles. The number of halogens is 4. The second kappa shape index (κ2) is 10.3. The third-order valence-electron chi connectivity index (χ3n) is 5.38. The topological polar surface area (TPSA) is 56.6 Å². The summed E-state index contributed by atoms with van der Waals surface area (Å²) in [5, 5.41) is 3.67. The average molecular weight is 477 g/mol. The number of hydrogen-bond donors (Lipinski definition) is 0. The number of aromatic nitrogens is 2. The van der Waals surface area contributed by atoms with E-state index in [-0.39, 0.29) is 51.2 Å². The van der Waals surface area contributed by atoms with Gasteiger partial charge in [0.05, 0.1) is 25.0 Å². The minimum absolute atomic E-state index is 0.220. The molecule has 0 unspecified atom stereocenters. The minimum Gasteiger partial charge on any atom is -0.491 e. The summed E-state index contributed by atoms with van der Waals surface area (Å²) >= 11 is 0. The van der Waals surface area contributed by atoms with Gasteiger partial charge in [-0.15, -0.1) is 0 Å². The Kier molecular flexibility index (Phi) is 7.16. The first-order chi connectivity index (χ1) is 16.3. The van der Waals surface area contributed by atoms with Crippen LogP contribution >= 0.6 is 0 Å². The molecule has 34 heavy (non-hydrogen) atoms. The predicted octanol–water partition coefficient (Wildman–Crippen LogP) is 4.07. The van der Waals surface area contributed by atoms with E-state index in [1.165, 1.54) is 17.0 Å². The van der Waals surface area contributed by atoms with Crippen molar-refractivity contribution in [1.29, 1.82) is 0 Å². The molecule has 0 saturated carbocycles. The highest BCUT2D eigenvalue weighted by atomic mass is 19.4. The molecule has 10 heteroatoms. The lowest BCUT2D eigenvalue weighted by molar-refractivity contribution is -0.138. The third-order valence-corrected chi connectivity index (χ3v) is 5.38. The number of amides is 1. The lowest BCUT2D eigenvalue weighted by Crippen LogP contribution is -2.36. The van der Waals surface area contributed by atoms with E-state index in [4.69, 9.17) is 9.47 Å². The summed E-state index contributed by atoms with van der Waals surface area (Å²) in [6, 6.07) is 11.9. The smallest absolute Gasteiger partial charge is 0.419 e. The van der Waals surface area contributed by atoms with Crippen LogP contribution in [0.3, 0.4) is 0 Å². The predicted molar refractivity (Wildman–Crippen MR) is 115 cm³/mol. The molecule has 1 aromatic heterocycles. The number of alkyl halides is 3. The van der Waals surface area contributed by atoms with Crippen molar-refractivity contribution in [3.63, 3.8) is 0 Å². The molecule has 0 aliphatic carbocycles. The van der Waals surface area contributed by atoms with Gasteiger partial charge in [0.1, 0.15) is 24.7 Å². The quantitative estimate of drug-likeness (QED) is 0.523. The van der Waals surface area contributed by atoms with E-state index in [1.807, 2.05) is 24.3 Å². The minimum atomic E-state index is -4.52. The van der Waals surface area contributed by atoms with E-state index in [0.717, 1.165) is 22.0 Å².